The lowest BCUT2D eigenvalue weighted by Gasteiger charge is -2.13. The number of nitrogens with zero attached hydrogens (tertiary/aromatic N) is 2. The zero-order valence-corrected chi connectivity index (χ0v) is 11.7. The van der Waals surface area contributed by atoms with E-state index in [0.29, 0.717) is 11.4 Å². The third kappa shape index (κ3) is 3.58. The van der Waals surface area contributed by atoms with Crippen LogP contribution in [0, 0.1) is 6.92 Å². The predicted octanol–water partition coefficient (Wildman–Crippen LogP) is 3.43. The van der Waals surface area contributed by atoms with Gasteiger partial charge in [0.05, 0.1) is 6.33 Å². The van der Waals surface area contributed by atoms with Gasteiger partial charge in [-0.1, -0.05) is 17.7 Å². The highest BCUT2D eigenvalue weighted by Gasteiger charge is 2.10. The molecule has 0 unspecified atom stereocenters. The van der Waals surface area contributed by atoms with Crippen molar-refractivity contribution in [1.29, 1.82) is 0 Å². The van der Waals surface area contributed by atoms with Crippen LogP contribution in [0.25, 0.3) is 0 Å². The standard InChI is InChI=1S/C14H16ClN3O/c1-10-3-4-12(8-13(10)15)17-14(19)7-11(2)18-6-5-16-9-18/h3-6,8-9,11H,7H2,1-2H3,(H,17,19)/t11-/m0/s1. The highest BCUT2D eigenvalue weighted by Crippen LogP contribution is 2.20. The molecule has 0 aliphatic carbocycles. The van der Waals surface area contributed by atoms with E-state index in [2.05, 4.69) is 10.3 Å². The molecule has 0 fully saturated rings. The van der Waals surface area contributed by atoms with E-state index in [4.69, 9.17) is 11.6 Å². The van der Waals surface area contributed by atoms with Crippen molar-refractivity contribution in [2.45, 2.75) is 26.3 Å². The van der Waals surface area contributed by atoms with E-state index in [1.54, 1.807) is 18.6 Å². The van der Waals surface area contributed by atoms with E-state index in [1.807, 2.05) is 36.7 Å². The van der Waals surface area contributed by atoms with Gasteiger partial charge >= 0.3 is 0 Å². The third-order valence-electron chi connectivity index (χ3n) is 2.97. The van der Waals surface area contributed by atoms with E-state index in [1.165, 1.54) is 0 Å². The zero-order chi connectivity index (χ0) is 13.8. The smallest absolute Gasteiger partial charge is 0.226 e. The quantitative estimate of drug-likeness (QED) is 0.931. The molecule has 1 N–H and O–H groups in total. The number of imidazole rings is 1. The summed E-state index contributed by atoms with van der Waals surface area (Å²) >= 11 is 6.02. The first-order valence-electron chi connectivity index (χ1n) is 6.09. The van der Waals surface area contributed by atoms with Crippen molar-refractivity contribution >= 4 is 23.2 Å². The van der Waals surface area contributed by atoms with Gasteiger partial charge in [0, 0.05) is 35.6 Å². The molecule has 1 amide bonds. The second-order valence-corrected chi connectivity index (χ2v) is 4.98. The van der Waals surface area contributed by atoms with E-state index in [0.717, 1.165) is 11.3 Å². The molecule has 1 atom stereocenters. The molecule has 0 aliphatic heterocycles. The van der Waals surface area contributed by atoms with Crippen molar-refractivity contribution in [3.63, 3.8) is 0 Å². The van der Waals surface area contributed by atoms with Crippen LogP contribution in [-0.4, -0.2) is 15.5 Å². The molecule has 2 aromatic rings. The average molecular weight is 278 g/mol. The van der Waals surface area contributed by atoms with Gasteiger partial charge in [0.15, 0.2) is 0 Å². The molecule has 2 rings (SSSR count). The number of rotatable bonds is 4. The molecule has 0 radical (unpaired) electrons. The zero-order valence-electron chi connectivity index (χ0n) is 10.9. The SMILES string of the molecule is Cc1ccc(NC(=O)C[C@H](C)n2ccnc2)cc1Cl. The summed E-state index contributed by atoms with van der Waals surface area (Å²) in [5.41, 5.74) is 1.71. The fourth-order valence-electron chi connectivity index (χ4n) is 1.79. The highest BCUT2D eigenvalue weighted by atomic mass is 35.5. The first kappa shape index (κ1) is 13.6. The van der Waals surface area contributed by atoms with Crippen LogP contribution in [0.4, 0.5) is 5.69 Å². The molecule has 100 valence electrons. The molecular weight excluding hydrogens is 262 g/mol. The van der Waals surface area contributed by atoms with Crippen LogP contribution in [0.1, 0.15) is 24.9 Å². The van der Waals surface area contributed by atoms with Crippen molar-refractivity contribution in [2.24, 2.45) is 0 Å². The predicted molar refractivity (Wildman–Crippen MR) is 76.4 cm³/mol. The maximum atomic E-state index is 11.9. The Morgan fingerprint density at radius 2 is 2.32 bits per heavy atom. The van der Waals surface area contributed by atoms with Crippen LogP contribution in [0.2, 0.25) is 5.02 Å². The first-order chi connectivity index (χ1) is 9.06. The molecule has 0 saturated heterocycles. The minimum absolute atomic E-state index is 0.0406. The topological polar surface area (TPSA) is 46.9 Å². The summed E-state index contributed by atoms with van der Waals surface area (Å²) in [5, 5.41) is 3.50. The maximum Gasteiger partial charge on any atom is 0.226 e. The van der Waals surface area contributed by atoms with Crippen LogP contribution in [-0.2, 0) is 4.79 Å². The van der Waals surface area contributed by atoms with Crippen molar-refractivity contribution in [3.8, 4) is 0 Å². The number of carbonyl (C=O) groups is 1. The Balaban J connectivity index is 1.95. The number of aromatic nitrogens is 2. The van der Waals surface area contributed by atoms with Gasteiger partial charge in [0.1, 0.15) is 0 Å². The molecule has 19 heavy (non-hydrogen) atoms. The second-order valence-electron chi connectivity index (χ2n) is 4.58. The molecule has 0 aliphatic rings. The molecule has 5 heteroatoms. The number of anilines is 1. The number of benzene rings is 1. The first-order valence-corrected chi connectivity index (χ1v) is 6.47. The summed E-state index contributed by atoms with van der Waals surface area (Å²) in [7, 11) is 0. The van der Waals surface area contributed by atoms with E-state index >= 15 is 0 Å². The Morgan fingerprint density at radius 1 is 1.53 bits per heavy atom. The van der Waals surface area contributed by atoms with Crippen molar-refractivity contribution in [1.82, 2.24) is 9.55 Å². The molecule has 0 bridgehead atoms. The lowest BCUT2D eigenvalue weighted by Crippen LogP contribution is -2.16. The fraction of sp³-hybridized carbons (Fsp3) is 0.286. The molecule has 1 aromatic carbocycles. The lowest BCUT2D eigenvalue weighted by molar-refractivity contribution is -0.116. The second kappa shape index (κ2) is 5.89. The lowest BCUT2D eigenvalue weighted by atomic mass is 10.2. The van der Waals surface area contributed by atoms with Crippen molar-refractivity contribution in [3.05, 3.63) is 47.5 Å². The van der Waals surface area contributed by atoms with Gasteiger partial charge < -0.3 is 9.88 Å². The van der Waals surface area contributed by atoms with Gasteiger partial charge in [0.2, 0.25) is 5.91 Å². The summed E-state index contributed by atoms with van der Waals surface area (Å²) in [6.07, 6.45) is 5.65. The Morgan fingerprint density at radius 3 is 2.95 bits per heavy atom. The number of hydrogen-bond donors (Lipinski definition) is 1. The van der Waals surface area contributed by atoms with Crippen LogP contribution in [0.15, 0.2) is 36.9 Å². The van der Waals surface area contributed by atoms with Crippen LogP contribution < -0.4 is 5.32 Å². The summed E-state index contributed by atoms with van der Waals surface area (Å²) < 4.78 is 1.90. The van der Waals surface area contributed by atoms with Gasteiger partial charge in [-0.2, -0.15) is 0 Å². The molecule has 1 heterocycles. The Hall–Kier alpha value is -1.81. The van der Waals surface area contributed by atoms with E-state index in [-0.39, 0.29) is 11.9 Å². The van der Waals surface area contributed by atoms with Gasteiger partial charge in [-0.25, -0.2) is 4.98 Å². The van der Waals surface area contributed by atoms with Gasteiger partial charge in [-0.15, -0.1) is 0 Å². The minimum Gasteiger partial charge on any atom is -0.334 e. The van der Waals surface area contributed by atoms with Gasteiger partial charge in [0.25, 0.3) is 0 Å². The van der Waals surface area contributed by atoms with Crippen LogP contribution >= 0.6 is 11.6 Å². The molecular formula is C14H16ClN3O. The minimum atomic E-state index is -0.0406. The number of hydrogen-bond acceptors (Lipinski definition) is 2. The normalized spacial score (nSPS) is 12.2. The van der Waals surface area contributed by atoms with Crippen molar-refractivity contribution in [2.75, 3.05) is 5.32 Å². The monoisotopic (exact) mass is 277 g/mol. The number of amides is 1. The Labute approximate surface area is 117 Å². The summed E-state index contributed by atoms with van der Waals surface area (Å²) in [6.45, 7) is 3.90. The molecule has 0 saturated carbocycles. The Kier molecular flexibility index (Phi) is 4.22. The number of nitrogens with one attached hydrogen (secondary N) is 1. The van der Waals surface area contributed by atoms with Crippen LogP contribution in [0.5, 0.6) is 0 Å². The molecule has 1 aromatic heterocycles. The fourth-order valence-corrected chi connectivity index (χ4v) is 1.97. The number of halogens is 1. The van der Waals surface area contributed by atoms with E-state index < -0.39 is 0 Å². The highest BCUT2D eigenvalue weighted by molar-refractivity contribution is 6.31. The summed E-state index contributed by atoms with van der Waals surface area (Å²) in [4.78, 5) is 15.9. The van der Waals surface area contributed by atoms with Crippen molar-refractivity contribution < 1.29 is 4.79 Å². The molecule has 4 nitrogen and oxygen atoms in total. The molecule has 0 spiro atoms. The van der Waals surface area contributed by atoms with Gasteiger partial charge in [-0.05, 0) is 31.5 Å². The summed E-state index contributed by atoms with van der Waals surface area (Å²) in [5.74, 6) is -0.0406. The van der Waals surface area contributed by atoms with Gasteiger partial charge in [-0.3, -0.25) is 4.79 Å². The number of aryl methyl sites for hydroxylation is 1. The third-order valence-corrected chi connectivity index (χ3v) is 3.38. The van der Waals surface area contributed by atoms with Crippen LogP contribution in [0.3, 0.4) is 0 Å². The maximum absolute atomic E-state index is 11.9. The number of carbonyl (C=O) groups excluding carboxylic acids is 1. The average Bonchev–Trinajstić information content (AvgIpc) is 2.87. The van der Waals surface area contributed by atoms with E-state index in [9.17, 15) is 4.79 Å². The largest absolute Gasteiger partial charge is 0.334 e. The summed E-state index contributed by atoms with van der Waals surface area (Å²) in [6, 6.07) is 5.57. The Bertz CT molecular complexity index is 566.